The summed E-state index contributed by atoms with van der Waals surface area (Å²) in [6, 6.07) is 0. The number of imidazole rings is 1. The number of nitrogens with zero attached hydrogens (tertiary/aromatic N) is 2. The Bertz CT molecular complexity index is 347. The van der Waals surface area contributed by atoms with Crippen molar-refractivity contribution >= 4 is 21.9 Å². The van der Waals surface area contributed by atoms with E-state index in [9.17, 15) is 4.79 Å². The molecule has 0 aliphatic carbocycles. The second kappa shape index (κ2) is 4.59. The number of rotatable bonds is 4. The van der Waals surface area contributed by atoms with Crippen molar-refractivity contribution < 1.29 is 9.90 Å². The first-order valence-electron chi connectivity index (χ1n) is 4.48. The summed E-state index contributed by atoms with van der Waals surface area (Å²) in [7, 11) is 1.88. The van der Waals surface area contributed by atoms with Crippen molar-refractivity contribution in [3.05, 3.63) is 16.1 Å². The van der Waals surface area contributed by atoms with Crippen LogP contribution < -0.4 is 0 Å². The molecular formula is C9H13BrN2O2. The fraction of sp³-hybridized carbons (Fsp3) is 0.556. The van der Waals surface area contributed by atoms with E-state index < -0.39 is 5.97 Å². The predicted octanol–water partition coefficient (Wildman–Crippen LogP) is 1.76. The lowest BCUT2D eigenvalue weighted by molar-refractivity contribution is -0.136. The van der Waals surface area contributed by atoms with E-state index >= 15 is 0 Å². The van der Waals surface area contributed by atoms with Crippen LogP contribution in [0.25, 0.3) is 0 Å². The molecule has 1 N–H and O–H groups in total. The molecule has 0 fully saturated rings. The molecular weight excluding hydrogens is 248 g/mol. The Morgan fingerprint density at radius 1 is 1.64 bits per heavy atom. The molecule has 0 aromatic carbocycles. The van der Waals surface area contributed by atoms with Crippen molar-refractivity contribution in [2.45, 2.75) is 26.2 Å². The van der Waals surface area contributed by atoms with E-state index in [1.54, 1.807) is 0 Å². The molecule has 78 valence electrons. The highest BCUT2D eigenvalue weighted by atomic mass is 79.9. The molecule has 0 saturated carbocycles. The molecule has 1 aromatic rings. The van der Waals surface area contributed by atoms with E-state index in [0.29, 0.717) is 5.69 Å². The van der Waals surface area contributed by atoms with Gasteiger partial charge in [0.15, 0.2) is 0 Å². The lowest BCUT2D eigenvalue weighted by Gasteiger charge is -1.98. The third-order valence-electron chi connectivity index (χ3n) is 1.98. The number of carbonyl (C=O) groups is 1. The van der Waals surface area contributed by atoms with Crippen LogP contribution in [0.5, 0.6) is 0 Å². The van der Waals surface area contributed by atoms with Gasteiger partial charge in [0.1, 0.15) is 10.4 Å². The lowest BCUT2D eigenvalue weighted by Crippen LogP contribution is -2.01. The number of hydrogen-bond acceptors (Lipinski definition) is 2. The van der Waals surface area contributed by atoms with Crippen LogP contribution in [-0.4, -0.2) is 20.6 Å². The van der Waals surface area contributed by atoms with Gasteiger partial charge in [-0.05, 0) is 22.4 Å². The number of hydrogen-bond donors (Lipinski definition) is 1. The maximum Gasteiger partial charge on any atom is 0.309 e. The molecule has 0 radical (unpaired) electrons. The summed E-state index contributed by atoms with van der Waals surface area (Å²) in [4.78, 5) is 14.8. The van der Waals surface area contributed by atoms with Crippen LogP contribution in [0.4, 0.5) is 0 Å². The van der Waals surface area contributed by atoms with Gasteiger partial charge in [-0.3, -0.25) is 4.79 Å². The molecule has 0 aliphatic heterocycles. The third kappa shape index (κ3) is 2.35. The average molecular weight is 261 g/mol. The lowest BCUT2D eigenvalue weighted by atomic mass is 10.3. The maximum absolute atomic E-state index is 10.5. The van der Waals surface area contributed by atoms with Crippen LogP contribution in [0, 0.1) is 0 Å². The van der Waals surface area contributed by atoms with E-state index in [4.69, 9.17) is 5.11 Å². The fourth-order valence-electron chi connectivity index (χ4n) is 1.29. The highest BCUT2D eigenvalue weighted by molar-refractivity contribution is 9.10. The van der Waals surface area contributed by atoms with Crippen LogP contribution in [0.1, 0.15) is 24.9 Å². The van der Waals surface area contributed by atoms with Crippen molar-refractivity contribution in [2.24, 2.45) is 7.05 Å². The quantitative estimate of drug-likeness (QED) is 0.898. The minimum atomic E-state index is -0.855. The van der Waals surface area contributed by atoms with Crippen molar-refractivity contribution in [1.82, 2.24) is 9.55 Å². The van der Waals surface area contributed by atoms with Crippen LogP contribution in [0.2, 0.25) is 0 Å². The van der Waals surface area contributed by atoms with Crippen molar-refractivity contribution in [1.29, 1.82) is 0 Å². The number of aryl methyl sites for hydroxylation is 1. The van der Waals surface area contributed by atoms with Crippen LogP contribution in [-0.2, 0) is 24.7 Å². The highest BCUT2D eigenvalue weighted by Crippen LogP contribution is 2.18. The smallest absolute Gasteiger partial charge is 0.309 e. The predicted molar refractivity (Wildman–Crippen MR) is 56.2 cm³/mol. The molecule has 0 spiro atoms. The standard InChI is InChI=1S/C9H13BrN2O2/c1-3-4-7-11-6(5-8(13)14)9(10)12(7)2/h3-5H2,1-2H3,(H,13,14). The summed E-state index contributed by atoms with van der Waals surface area (Å²) in [5.74, 6) is 0.0717. The van der Waals surface area contributed by atoms with E-state index in [1.165, 1.54) is 0 Å². The summed E-state index contributed by atoms with van der Waals surface area (Å²) < 4.78 is 2.66. The molecule has 0 atom stereocenters. The SMILES string of the molecule is CCCc1nc(CC(=O)O)c(Br)n1C. The van der Waals surface area contributed by atoms with Gasteiger partial charge in [-0.1, -0.05) is 6.92 Å². The van der Waals surface area contributed by atoms with Gasteiger partial charge in [0.05, 0.1) is 12.1 Å². The number of aromatic nitrogens is 2. The van der Waals surface area contributed by atoms with Gasteiger partial charge in [-0.2, -0.15) is 0 Å². The van der Waals surface area contributed by atoms with Gasteiger partial charge in [0, 0.05) is 13.5 Å². The zero-order chi connectivity index (χ0) is 10.7. The van der Waals surface area contributed by atoms with Crippen LogP contribution in [0.15, 0.2) is 4.60 Å². The van der Waals surface area contributed by atoms with Gasteiger partial charge < -0.3 is 9.67 Å². The Morgan fingerprint density at radius 3 is 2.79 bits per heavy atom. The summed E-state index contributed by atoms with van der Waals surface area (Å²) in [5.41, 5.74) is 0.600. The number of carboxylic acid groups (broad SMARTS) is 1. The second-order valence-corrected chi connectivity index (χ2v) is 3.90. The Hall–Kier alpha value is -0.840. The molecule has 0 unspecified atom stereocenters. The summed E-state index contributed by atoms with van der Waals surface area (Å²) in [6.45, 7) is 2.07. The molecule has 0 saturated heterocycles. The second-order valence-electron chi connectivity index (χ2n) is 3.15. The van der Waals surface area contributed by atoms with Gasteiger partial charge in [-0.15, -0.1) is 0 Å². The number of aliphatic carboxylic acids is 1. The molecule has 0 amide bonds. The van der Waals surface area contributed by atoms with Crippen molar-refractivity contribution in [3.63, 3.8) is 0 Å². The summed E-state index contributed by atoms with van der Waals surface area (Å²) in [5, 5.41) is 8.65. The van der Waals surface area contributed by atoms with E-state index in [2.05, 4.69) is 27.8 Å². The first-order valence-corrected chi connectivity index (χ1v) is 5.27. The molecule has 0 bridgehead atoms. The molecule has 14 heavy (non-hydrogen) atoms. The molecule has 0 aliphatic rings. The molecule has 5 heteroatoms. The Morgan fingerprint density at radius 2 is 2.29 bits per heavy atom. The van der Waals surface area contributed by atoms with E-state index in [-0.39, 0.29) is 6.42 Å². The Labute approximate surface area is 91.1 Å². The number of halogens is 1. The summed E-state index contributed by atoms with van der Waals surface area (Å²) in [6.07, 6.45) is 1.84. The van der Waals surface area contributed by atoms with Crippen molar-refractivity contribution in [2.75, 3.05) is 0 Å². The Balaban J connectivity index is 2.96. The minimum Gasteiger partial charge on any atom is -0.481 e. The first-order chi connectivity index (χ1) is 6.56. The largest absolute Gasteiger partial charge is 0.481 e. The van der Waals surface area contributed by atoms with Gasteiger partial charge in [-0.25, -0.2) is 4.98 Å². The molecule has 1 heterocycles. The van der Waals surface area contributed by atoms with Gasteiger partial charge >= 0.3 is 5.97 Å². The first kappa shape index (κ1) is 11.2. The molecule has 1 rings (SSSR count). The zero-order valence-corrected chi connectivity index (χ0v) is 9.84. The molecule has 1 aromatic heterocycles. The van der Waals surface area contributed by atoms with Crippen molar-refractivity contribution in [3.8, 4) is 0 Å². The normalized spacial score (nSPS) is 10.5. The highest BCUT2D eigenvalue weighted by Gasteiger charge is 2.13. The third-order valence-corrected chi connectivity index (χ3v) is 2.97. The minimum absolute atomic E-state index is 0.0296. The van der Waals surface area contributed by atoms with Gasteiger partial charge in [0.2, 0.25) is 0 Å². The van der Waals surface area contributed by atoms with Crippen LogP contribution in [0.3, 0.4) is 0 Å². The van der Waals surface area contributed by atoms with Gasteiger partial charge in [0.25, 0.3) is 0 Å². The average Bonchev–Trinajstić information content (AvgIpc) is 2.34. The topological polar surface area (TPSA) is 55.1 Å². The number of carboxylic acids is 1. The zero-order valence-electron chi connectivity index (χ0n) is 8.25. The summed E-state index contributed by atoms with van der Waals surface area (Å²) >= 11 is 3.34. The monoisotopic (exact) mass is 260 g/mol. The van der Waals surface area contributed by atoms with Crippen LogP contribution >= 0.6 is 15.9 Å². The fourth-order valence-corrected chi connectivity index (χ4v) is 1.72. The maximum atomic E-state index is 10.5. The Kier molecular flexibility index (Phi) is 3.69. The van der Waals surface area contributed by atoms with E-state index in [1.807, 2.05) is 11.6 Å². The molecule has 4 nitrogen and oxygen atoms in total. The van der Waals surface area contributed by atoms with E-state index in [0.717, 1.165) is 23.3 Å².